The van der Waals surface area contributed by atoms with Gasteiger partial charge in [-0.15, -0.1) is 0 Å². The Morgan fingerprint density at radius 1 is 0.920 bits per heavy atom. The van der Waals surface area contributed by atoms with Gasteiger partial charge in [0, 0.05) is 37.3 Å². The van der Waals surface area contributed by atoms with Gasteiger partial charge in [0.25, 0.3) is 0 Å². The summed E-state index contributed by atoms with van der Waals surface area (Å²) >= 11 is 0. The van der Waals surface area contributed by atoms with Crippen LogP contribution in [0.4, 0.5) is 5.69 Å². The molecule has 132 valence electrons. The number of methoxy groups -OCH3 is 1. The fourth-order valence-electron chi connectivity index (χ4n) is 4.43. The van der Waals surface area contributed by atoms with Crippen LogP contribution in [0.15, 0.2) is 54.6 Å². The number of hydrogen-bond acceptors (Lipinski definition) is 3. The van der Waals surface area contributed by atoms with Crippen LogP contribution < -0.4 is 9.64 Å². The van der Waals surface area contributed by atoms with Crippen molar-refractivity contribution in [1.82, 2.24) is 4.90 Å². The third kappa shape index (κ3) is 3.67. The zero-order valence-corrected chi connectivity index (χ0v) is 15.2. The largest absolute Gasteiger partial charge is 0.497 e. The summed E-state index contributed by atoms with van der Waals surface area (Å²) in [5.74, 6) is 0.936. The van der Waals surface area contributed by atoms with E-state index in [9.17, 15) is 0 Å². The minimum absolute atomic E-state index is 0.497. The van der Waals surface area contributed by atoms with E-state index in [1.807, 2.05) is 0 Å². The lowest BCUT2D eigenvalue weighted by Crippen LogP contribution is -2.31. The van der Waals surface area contributed by atoms with E-state index in [4.69, 9.17) is 4.74 Å². The third-order valence-electron chi connectivity index (χ3n) is 5.95. The first-order chi connectivity index (χ1) is 12.3. The molecule has 3 heteroatoms. The van der Waals surface area contributed by atoms with Gasteiger partial charge in [-0.25, -0.2) is 0 Å². The fourth-order valence-corrected chi connectivity index (χ4v) is 4.43. The number of hydrogen-bond donors (Lipinski definition) is 0. The molecule has 2 aliphatic rings. The number of rotatable bonds is 5. The predicted octanol–water partition coefficient (Wildman–Crippen LogP) is 3.84. The lowest BCUT2D eigenvalue weighted by atomic mass is 9.86. The highest BCUT2D eigenvalue weighted by molar-refractivity contribution is 5.50. The van der Waals surface area contributed by atoms with Crippen LogP contribution in [0.2, 0.25) is 0 Å². The van der Waals surface area contributed by atoms with Gasteiger partial charge in [0.1, 0.15) is 5.75 Å². The molecule has 0 saturated carbocycles. The quantitative estimate of drug-likeness (QED) is 0.825. The third-order valence-corrected chi connectivity index (χ3v) is 5.95. The van der Waals surface area contributed by atoms with Crippen LogP contribution >= 0.6 is 0 Å². The summed E-state index contributed by atoms with van der Waals surface area (Å²) in [5, 5.41) is 0. The molecule has 0 radical (unpaired) electrons. The minimum atomic E-state index is 0.497. The second-order valence-corrected chi connectivity index (χ2v) is 7.63. The average molecular weight is 336 g/mol. The molecule has 3 nitrogen and oxygen atoms in total. The molecule has 2 aromatic carbocycles. The van der Waals surface area contributed by atoms with Crippen LogP contribution in [0, 0.1) is 5.41 Å². The van der Waals surface area contributed by atoms with E-state index in [1.165, 1.54) is 63.2 Å². The topological polar surface area (TPSA) is 15.7 Å². The number of nitrogens with zero attached hydrogens (tertiary/aromatic N) is 2. The Labute approximate surface area is 151 Å². The number of ether oxygens (including phenoxy) is 1. The highest BCUT2D eigenvalue weighted by Gasteiger charge is 2.43. The Morgan fingerprint density at radius 2 is 1.68 bits per heavy atom. The van der Waals surface area contributed by atoms with E-state index >= 15 is 0 Å². The van der Waals surface area contributed by atoms with Crippen LogP contribution in [0.25, 0.3) is 0 Å². The van der Waals surface area contributed by atoms with E-state index in [2.05, 4.69) is 64.4 Å². The predicted molar refractivity (Wildman–Crippen MR) is 103 cm³/mol. The van der Waals surface area contributed by atoms with Gasteiger partial charge >= 0.3 is 0 Å². The molecule has 1 unspecified atom stereocenters. The Balaban J connectivity index is 1.33. The SMILES string of the molecule is COc1ccc(N2CCC3(CCN(CCc4ccccc4)C3)C2)cc1. The molecule has 0 aliphatic carbocycles. The Kier molecular flexibility index (Phi) is 4.67. The van der Waals surface area contributed by atoms with Gasteiger partial charge in [-0.05, 0) is 55.6 Å². The lowest BCUT2D eigenvalue weighted by molar-refractivity contribution is 0.278. The van der Waals surface area contributed by atoms with Crippen molar-refractivity contribution in [3.63, 3.8) is 0 Å². The van der Waals surface area contributed by atoms with Crippen molar-refractivity contribution in [2.75, 3.05) is 44.7 Å². The summed E-state index contributed by atoms with van der Waals surface area (Å²) in [6, 6.07) is 19.4. The Hall–Kier alpha value is -2.00. The molecular weight excluding hydrogens is 308 g/mol. The average Bonchev–Trinajstić information content (AvgIpc) is 3.28. The van der Waals surface area contributed by atoms with Gasteiger partial charge < -0.3 is 14.5 Å². The maximum Gasteiger partial charge on any atom is 0.119 e. The van der Waals surface area contributed by atoms with E-state index < -0.39 is 0 Å². The molecule has 2 aromatic rings. The smallest absolute Gasteiger partial charge is 0.119 e. The first-order valence-electron chi connectivity index (χ1n) is 9.42. The van der Waals surface area contributed by atoms with Gasteiger partial charge in [-0.1, -0.05) is 30.3 Å². The molecule has 0 bridgehead atoms. The first-order valence-corrected chi connectivity index (χ1v) is 9.42. The molecule has 2 saturated heterocycles. The first kappa shape index (κ1) is 16.5. The van der Waals surface area contributed by atoms with E-state index in [1.54, 1.807) is 7.11 Å². The minimum Gasteiger partial charge on any atom is -0.497 e. The molecule has 2 aliphatic heterocycles. The van der Waals surface area contributed by atoms with Crippen LogP contribution in [0.3, 0.4) is 0 Å². The van der Waals surface area contributed by atoms with E-state index in [-0.39, 0.29) is 0 Å². The second-order valence-electron chi connectivity index (χ2n) is 7.63. The van der Waals surface area contributed by atoms with Crippen molar-refractivity contribution < 1.29 is 4.74 Å². The van der Waals surface area contributed by atoms with E-state index in [0.29, 0.717) is 5.41 Å². The van der Waals surface area contributed by atoms with Crippen molar-refractivity contribution in [3.8, 4) is 5.75 Å². The zero-order valence-electron chi connectivity index (χ0n) is 15.2. The Bertz CT molecular complexity index is 685. The second kappa shape index (κ2) is 7.09. The van der Waals surface area contributed by atoms with Crippen LogP contribution in [0.5, 0.6) is 5.75 Å². The van der Waals surface area contributed by atoms with Gasteiger partial charge in [0.15, 0.2) is 0 Å². The summed E-state index contributed by atoms with van der Waals surface area (Å²) < 4.78 is 5.28. The number of likely N-dealkylation sites (tertiary alicyclic amines) is 1. The summed E-state index contributed by atoms with van der Waals surface area (Å²) in [6.45, 7) is 6.07. The molecule has 2 heterocycles. The summed E-state index contributed by atoms with van der Waals surface area (Å²) in [5.41, 5.74) is 3.28. The van der Waals surface area contributed by atoms with Crippen molar-refractivity contribution in [1.29, 1.82) is 0 Å². The summed E-state index contributed by atoms with van der Waals surface area (Å²) in [7, 11) is 1.72. The molecule has 0 amide bonds. The monoisotopic (exact) mass is 336 g/mol. The molecule has 1 atom stereocenters. The van der Waals surface area contributed by atoms with Gasteiger partial charge in [-0.3, -0.25) is 0 Å². The zero-order chi connectivity index (χ0) is 17.1. The summed E-state index contributed by atoms with van der Waals surface area (Å²) in [4.78, 5) is 5.23. The van der Waals surface area contributed by atoms with Crippen molar-refractivity contribution >= 4 is 5.69 Å². The lowest BCUT2D eigenvalue weighted by Gasteiger charge is -2.26. The van der Waals surface area contributed by atoms with E-state index in [0.717, 1.165) is 5.75 Å². The molecule has 0 N–H and O–H groups in total. The van der Waals surface area contributed by atoms with Crippen LogP contribution in [-0.4, -0.2) is 44.7 Å². The molecule has 4 rings (SSSR count). The maximum atomic E-state index is 5.28. The molecule has 0 aromatic heterocycles. The highest BCUT2D eigenvalue weighted by Crippen LogP contribution is 2.41. The number of anilines is 1. The van der Waals surface area contributed by atoms with Gasteiger partial charge in [0.2, 0.25) is 0 Å². The Morgan fingerprint density at radius 3 is 2.44 bits per heavy atom. The summed E-state index contributed by atoms with van der Waals surface area (Å²) in [6.07, 6.45) is 3.83. The molecule has 1 spiro atoms. The fraction of sp³-hybridized carbons (Fsp3) is 0.455. The van der Waals surface area contributed by atoms with Crippen molar-refractivity contribution in [2.45, 2.75) is 19.3 Å². The standard InChI is InChI=1S/C22H28N2O/c1-25-21-9-7-20(8-10-21)24-16-13-22(18-24)12-15-23(17-22)14-11-19-5-3-2-4-6-19/h2-10H,11-18H2,1H3. The maximum absolute atomic E-state index is 5.28. The molecule has 25 heavy (non-hydrogen) atoms. The van der Waals surface area contributed by atoms with Crippen molar-refractivity contribution in [3.05, 3.63) is 60.2 Å². The van der Waals surface area contributed by atoms with Gasteiger partial charge in [-0.2, -0.15) is 0 Å². The number of benzene rings is 2. The normalized spacial score (nSPS) is 23.5. The molecular formula is C22H28N2O. The highest BCUT2D eigenvalue weighted by atomic mass is 16.5. The van der Waals surface area contributed by atoms with Crippen molar-refractivity contribution in [2.24, 2.45) is 5.41 Å². The van der Waals surface area contributed by atoms with Crippen LogP contribution in [-0.2, 0) is 6.42 Å². The van der Waals surface area contributed by atoms with Gasteiger partial charge in [0.05, 0.1) is 7.11 Å². The molecule has 2 fully saturated rings. The van der Waals surface area contributed by atoms with Crippen LogP contribution in [0.1, 0.15) is 18.4 Å².